The maximum Gasteiger partial charge on any atom is 0.306 e. The normalized spacial score (nSPS) is 22.0. The Morgan fingerprint density at radius 2 is 1.23 bits per heavy atom. The monoisotopic (exact) mass is 768 g/mol. The summed E-state index contributed by atoms with van der Waals surface area (Å²) in [5.41, 5.74) is 0. The summed E-state index contributed by atoms with van der Waals surface area (Å²) in [5, 5.41) is 30.7. The van der Waals surface area contributed by atoms with Crippen LogP contribution in [0.3, 0.4) is 0 Å². The largest absolute Gasteiger partial charge is 0.462 e. The van der Waals surface area contributed by atoms with Crippen LogP contribution in [0, 0.1) is 0 Å². The zero-order valence-corrected chi connectivity index (χ0v) is 32.4. The molecule has 302 valence electrons. The van der Waals surface area contributed by atoms with E-state index >= 15 is 0 Å². The molecule has 0 spiro atoms. The minimum atomic E-state index is -4.61. The first-order valence-corrected chi connectivity index (χ1v) is 20.7. The van der Waals surface area contributed by atoms with Gasteiger partial charge in [-0.25, -0.2) is 0 Å². The SMILES string of the molecule is CC/C=C/C=C/C=C/C=C/CCCCCC(=O)OC(COC(=O)CCCCCCC/C=C/C/C=C/CC)CO[C@H]1O[C@H](CS(=O)(=O)O)[C@@H](O)C(O)C1O. The van der Waals surface area contributed by atoms with Crippen LogP contribution in [0.2, 0.25) is 0 Å². The summed E-state index contributed by atoms with van der Waals surface area (Å²) < 4.78 is 53.7. The van der Waals surface area contributed by atoms with Gasteiger partial charge in [0.2, 0.25) is 0 Å². The van der Waals surface area contributed by atoms with Crippen molar-refractivity contribution >= 4 is 22.1 Å². The van der Waals surface area contributed by atoms with E-state index in [-0.39, 0.29) is 19.4 Å². The molecule has 6 atom stereocenters. The van der Waals surface area contributed by atoms with Crippen molar-refractivity contribution in [3.05, 3.63) is 72.9 Å². The molecule has 1 rings (SSSR count). The second-order valence-corrected chi connectivity index (χ2v) is 14.4. The molecule has 0 aromatic heterocycles. The summed E-state index contributed by atoms with van der Waals surface area (Å²) in [6, 6.07) is 0. The van der Waals surface area contributed by atoms with Gasteiger partial charge in [0, 0.05) is 12.8 Å². The molecule has 1 aliphatic heterocycles. The van der Waals surface area contributed by atoms with Gasteiger partial charge in [-0.2, -0.15) is 8.42 Å². The number of unbranched alkanes of at least 4 members (excludes halogenated alkanes) is 8. The van der Waals surface area contributed by atoms with Crippen LogP contribution in [0.5, 0.6) is 0 Å². The van der Waals surface area contributed by atoms with Crippen molar-refractivity contribution in [2.75, 3.05) is 19.0 Å². The molecule has 0 aromatic carbocycles. The first kappa shape index (κ1) is 48.1. The van der Waals surface area contributed by atoms with E-state index in [1.165, 1.54) is 0 Å². The number of aliphatic hydroxyl groups excluding tert-OH is 3. The van der Waals surface area contributed by atoms with Crippen LogP contribution in [0.25, 0.3) is 0 Å². The molecule has 13 heteroatoms. The van der Waals surface area contributed by atoms with Crippen LogP contribution in [-0.2, 0) is 38.7 Å². The minimum Gasteiger partial charge on any atom is -0.462 e. The average Bonchev–Trinajstić information content (AvgIpc) is 3.12. The van der Waals surface area contributed by atoms with E-state index in [0.29, 0.717) is 12.8 Å². The molecule has 1 aliphatic rings. The molecular weight excluding hydrogens is 704 g/mol. The molecule has 0 saturated carbocycles. The Balaban J connectivity index is 2.58. The van der Waals surface area contributed by atoms with Gasteiger partial charge in [0.25, 0.3) is 10.1 Å². The molecule has 53 heavy (non-hydrogen) atoms. The number of carbonyl (C=O) groups is 2. The fourth-order valence-electron chi connectivity index (χ4n) is 5.19. The highest BCUT2D eigenvalue weighted by molar-refractivity contribution is 7.85. The highest BCUT2D eigenvalue weighted by Gasteiger charge is 2.46. The van der Waals surface area contributed by atoms with Crippen LogP contribution in [0.4, 0.5) is 0 Å². The van der Waals surface area contributed by atoms with E-state index in [1.54, 1.807) is 0 Å². The number of carbonyl (C=O) groups excluding carboxylic acids is 2. The van der Waals surface area contributed by atoms with Gasteiger partial charge >= 0.3 is 11.9 Å². The zero-order valence-electron chi connectivity index (χ0n) is 31.6. The Kier molecular flexibility index (Phi) is 27.6. The molecule has 1 heterocycles. The van der Waals surface area contributed by atoms with Gasteiger partial charge in [0.1, 0.15) is 36.8 Å². The van der Waals surface area contributed by atoms with Crippen molar-refractivity contribution in [3.63, 3.8) is 0 Å². The van der Waals surface area contributed by atoms with E-state index in [2.05, 4.69) is 50.3 Å². The summed E-state index contributed by atoms with van der Waals surface area (Å²) in [7, 11) is -4.61. The molecule has 3 unspecified atom stereocenters. The molecule has 0 amide bonds. The number of hydrogen-bond donors (Lipinski definition) is 4. The quantitative estimate of drug-likeness (QED) is 0.0217. The zero-order chi connectivity index (χ0) is 39.2. The Bertz CT molecular complexity index is 1270. The fraction of sp³-hybridized carbons (Fsp3) is 0.650. The second-order valence-electron chi connectivity index (χ2n) is 12.9. The lowest BCUT2D eigenvalue weighted by molar-refractivity contribution is -0.297. The van der Waals surface area contributed by atoms with Crippen LogP contribution in [-0.4, -0.2) is 96.0 Å². The van der Waals surface area contributed by atoms with Crippen molar-refractivity contribution in [2.45, 2.75) is 147 Å². The summed E-state index contributed by atoms with van der Waals surface area (Å²) in [6.45, 7) is 3.41. The molecule has 0 aliphatic carbocycles. The Morgan fingerprint density at radius 1 is 0.660 bits per heavy atom. The molecule has 0 radical (unpaired) electrons. The highest BCUT2D eigenvalue weighted by Crippen LogP contribution is 2.23. The molecule has 1 saturated heterocycles. The van der Waals surface area contributed by atoms with E-state index in [0.717, 1.165) is 70.6 Å². The number of hydrogen-bond acceptors (Lipinski definition) is 11. The third-order valence-electron chi connectivity index (χ3n) is 8.13. The lowest BCUT2D eigenvalue weighted by Crippen LogP contribution is -2.60. The maximum atomic E-state index is 12.7. The van der Waals surface area contributed by atoms with Crippen LogP contribution < -0.4 is 0 Å². The minimum absolute atomic E-state index is 0.111. The first-order valence-electron chi connectivity index (χ1n) is 19.0. The third-order valence-corrected chi connectivity index (χ3v) is 8.88. The summed E-state index contributed by atoms with van der Waals surface area (Å²) >= 11 is 0. The lowest BCUT2D eigenvalue weighted by atomic mass is 10.00. The van der Waals surface area contributed by atoms with Gasteiger partial charge in [-0.05, 0) is 57.8 Å². The number of aliphatic hydroxyl groups is 3. The summed E-state index contributed by atoms with van der Waals surface area (Å²) in [6.07, 6.45) is 26.9. The third kappa shape index (κ3) is 25.7. The van der Waals surface area contributed by atoms with E-state index in [9.17, 15) is 37.9 Å². The van der Waals surface area contributed by atoms with Gasteiger partial charge in [-0.1, -0.05) is 112 Å². The topological polar surface area (TPSA) is 186 Å². The standard InChI is InChI=1S/C40H64O12S/c1-3-5-7-9-11-13-15-17-19-21-23-25-27-29-36(42)51-33(31-50-40-39(45)38(44)37(43)34(52-40)32-53(46,47)48)30-49-35(41)28-26-24-22-20-18-16-14-12-10-8-6-4-2/h5-9,11-15,17,19,33-34,37-40,43-45H,3-4,10,16,18,20-32H2,1-2H3,(H,46,47,48)/b7-5+,8-6+,11-9+,14-12+,15-13+,19-17+/t33?,34-,37-,38?,39?,40+/m1/s1. The van der Waals surface area contributed by atoms with Crippen LogP contribution in [0.1, 0.15) is 110 Å². The Labute approximate surface area is 317 Å². The van der Waals surface area contributed by atoms with Crippen LogP contribution >= 0.6 is 0 Å². The number of rotatable bonds is 29. The molecule has 0 bridgehead atoms. The highest BCUT2D eigenvalue weighted by atomic mass is 32.2. The number of esters is 2. The number of ether oxygens (including phenoxy) is 4. The Morgan fingerprint density at radius 3 is 1.91 bits per heavy atom. The molecule has 12 nitrogen and oxygen atoms in total. The summed E-state index contributed by atoms with van der Waals surface area (Å²) in [4.78, 5) is 25.2. The smallest absolute Gasteiger partial charge is 0.306 e. The van der Waals surface area contributed by atoms with Gasteiger partial charge in [-0.15, -0.1) is 0 Å². The van der Waals surface area contributed by atoms with Crippen molar-refractivity contribution in [2.24, 2.45) is 0 Å². The van der Waals surface area contributed by atoms with Crippen molar-refractivity contribution < 1.29 is 56.8 Å². The molecule has 0 aromatic rings. The fourth-order valence-corrected chi connectivity index (χ4v) is 5.88. The van der Waals surface area contributed by atoms with E-state index < -0.39 is 71.2 Å². The van der Waals surface area contributed by atoms with Gasteiger partial charge < -0.3 is 34.3 Å². The van der Waals surface area contributed by atoms with Gasteiger partial charge in [0.15, 0.2) is 12.4 Å². The van der Waals surface area contributed by atoms with Crippen molar-refractivity contribution in [1.29, 1.82) is 0 Å². The Hall–Kier alpha value is -2.91. The van der Waals surface area contributed by atoms with E-state index in [4.69, 9.17) is 18.9 Å². The van der Waals surface area contributed by atoms with Crippen LogP contribution in [0.15, 0.2) is 72.9 Å². The van der Waals surface area contributed by atoms with Crippen molar-refractivity contribution in [3.8, 4) is 0 Å². The summed E-state index contributed by atoms with van der Waals surface area (Å²) in [5.74, 6) is -2.07. The van der Waals surface area contributed by atoms with Gasteiger partial charge in [-0.3, -0.25) is 14.1 Å². The van der Waals surface area contributed by atoms with Gasteiger partial charge in [0.05, 0.1) is 6.61 Å². The number of allylic oxidation sites excluding steroid dienone is 12. The van der Waals surface area contributed by atoms with Crippen molar-refractivity contribution in [1.82, 2.24) is 0 Å². The average molecular weight is 769 g/mol. The lowest BCUT2D eigenvalue weighted by Gasteiger charge is -2.40. The second kappa shape index (κ2) is 30.4. The van der Waals surface area contributed by atoms with E-state index in [1.807, 2.05) is 36.5 Å². The maximum absolute atomic E-state index is 12.7. The first-order chi connectivity index (χ1) is 25.5. The molecule has 1 fully saturated rings. The predicted octanol–water partition coefficient (Wildman–Crippen LogP) is 6.38. The molecule has 4 N–H and O–H groups in total. The molecular formula is C40H64O12S. The predicted molar refractivity (Wildman–Crippen MR) is 205 cm³/mol.